The molecule has 0 fully saturated rings. The van der Waals surface area contributed by atoms with E-state index < -0.39 is 10.7 Å². The van der Waals surface area contributed by atoms with Crippen molar-refractivity contribution in [1.82, 2.24) is 0 Å². The van der Waals surface area contributed by atoms with E-state index in [0.29, 0.717) is 11.3 Å². The molecule has 1 N–H and O–H groups in total. The lowest BCUT2D eigenvalue weighted by Crippen LogP contribution is -2.04. The first kappa shape index (κ1) is 14.8. The van der Waals surface area contributed by atoms with Crippen LogP contribution in [0.2, 0.25) is 5.02 Å². The van der Waals surface area contributed by atoms with Crippen molar-refractivity contribution < 1.29 is 9.31 Å². The molecule has 0 amide bonds. The monoisotopic (exact) mass is 305 g/mol. The second-order valence-electron chi connectivity index (χ2n) is 4.19. The van der Waals surface area contributed by atoms with Gasteiger partial charge in [0.2, 0.25) is 0 Å². The first-order valence-corrected chi connectivity index (χ1v) is 6.25. The molecule has 0 bridgehead atoms. The summed E-state index contributed by atoms with van der Waals surface area (Å²) in [5.74, 6) is -0.519. The Balaban J connectivity index is 2.25. The van der Waals surface area contributed by atoms with E-state index in [-0.39, 0.29) is 22.8 Å². The van der Waals surface area contributed by atoms with Crippen LogP contribution in [-0.4, -0.2) is 4.92 Å². The Hall–Kier alpha value is -2.65. The van der Waals surface area contributed by atoms with Gasteiger partial charge in [-0.1, -0.05) is 11.6 Å². The summed E-state index contributed by atoms with van der Waals surface area (Å²) < 4.78 is 13.0. The molecule has 0 aliphatic rings. The summed E-state index contributed by atoms with van der Waals surface area (Å²) in [6.07, 6.45) is 0. The topological polar surface area (TPSA) is 79.0 Å². The summed E-state index contributed by atoms with van der Waals surface area (Å²) in [6.45, 7) is 0.119. The molecule has 21 heavy (non-hydrogen) atoms. The van der Waals surface area contributed by atoms with Gasteiger partial charge in [0.05, 0.1) is 16.2 Å². The van der Waals surface area contributed by atoms with Crippen molar-refractivity contribution >= 4 is 23.0 Å². The second kappa shape index (κ2) is 6.20. The number of nitro groups is 1. The highest BCUT2D eigenvalue weighted by Gasteiger charge is 2.14. The van der Waals surface area contributed by atoms with Crippen LogP contribution in [0.4, 0.5) is 15.8 Å². The predicted octanol–water partition coefficient (Wildman–Crippen LogP) is 3.87. The number of nitrogens with zero attached hydrogens (tertiary/aromatic N) is 2. The molecule has 0 saturated carbocycles. The second-order valence-corrected chi connectivity index (χ2v) is 4.62. The predicted molar refractivity (Wildman–Crippen MR) is 76.5 cm³/mol. The minimum absolute atomic E-state index is 0.115. The maximum absolute atomic E-state index is 13.0. The molecule has 2 rings (SSSR count). The summed E-state index contributed by atoms with van der Waals surface area (Å²) in [7, 11) is 0. The van der Waals surface area contributed by atoms with Crippen molar-refractivity contribution in [1.29, 1.82) is 5.26 Å². The molecule has 0 atom stereocenters. The first-order valence-electron chi connectivity index (χ1n) is 5.87. The molecular formula is C14H9ClFN3O2. The summed E-state index contributed by atoms with van der Waals surface area (Å²) in [5.41, 5.74) is 0.836. The number of rotatable bonds is 4. The highest BCUT2D eigenvalue weighted by atomic mass is 35.5. The molecule has 2 aromatic rings. The molecule has 0 unspecified atom stereocenters. The molecule has 2 aromatic carbocycles. The molecule has 0 aromatic heterocycles. The normalized spacial score (nSPS) is 9.95. The van der Waals surface area contributed by atoms with Crippen LogP contribution < -0.4 is 5.32 Å². The van der Waals surface area contributed by atoms with Crippen LogP contribution >= 0.6 is 11.6 Å². The highest BCUT2D eigenvalue weighted by Crippen LogP contribution is 2.25. The molecule has 0 heterocycles. The van der Waals surface area contributed by atoms with Gasteiger partial charge in [-0.05, 0) is 30.3 Å². The first-order chi connectivity index (χ1) is 10.0. The van der Waals surface area contributed by atoms with Crippen molar-refractivity contribution in [3.63, 3.8) is 0 Å². The summed E-state index contributed by atoms with van der Waals surface area (Å²) in [5, 5.41) is 23.1. The van der Waals surface area contributed by atoms with Gasteiger partial charge in [0.15, 0.2) is 0 Å². The van der Waals surface area contributed by atoms with Crippen LogP contribution in [0.1, 0.15) is 11.1 Å². The average Bonchev–Trinajstić information content (AvgIpc) is 2.46. The third kappa shape index (κ3) is 3.46. The maximum Gasteiger partial charge on any atom is 0.275 e. The molecule has 0 spiro atoms. The lowest BCUT2D eigenvalue weighted by molar-refractivity contribution is -0.385. The van der Waals surface area contributed by atoms with E-state index in [1.54, 1.807) is 6.07 Å². The maximum atomic E-state index is 13.0. The number of nitriles is 1. The van der Waals surface area contributed by atoms with Crippen LogP contribution in [0, 0.1) is 27.3 Å². The number of halogens is 2. The largest absolute Gasteiger partial charge is 0.380 e. The zero-order chi connectivity index (χ0) is 15.4. The Labute approximate surface area is 124 Å². The van der Waals surface area contributed by atoms with Gasteiger partial charge in [-0.3, -0.25) is 10.1 Å². The Kier molecular flexibility index (Phi) is 4.36. The summed E-state index contributed by atoms with van der Waals surface area (Å²) in [4.78, 5) is 10.4. The number of hydrogen-bond acceptors (Lipinski definition) is 4. The average molecular weight is 306 g/mol. The molecule has 0 radical (unpaired) electrons. The molecule has 0 saturated heterocycles. The van der Waals surface area contributed by atoms with E-state index in [2.05, 4.69) is 5.32 Å². The quantitative estimate of drug-likeness (QED) is 0.687. The summed E-state index contributed by atoms with van der Waals surface area (Å²) >= 11 is 5.73. The smallest absolute Gasteiger partial charge is 0.275 e. The fourth-order valence-corrected chi connectivity index (χ4v) is 1.98. The van der Waals surface area contributed by atoms with Gasteiger partial charge in [-0.25, -0.2) is 4.39 Å². The van der Waals surface area contributed by atoms with Crippen molar-refractivity contribution in [2.75, 3.05) is 5.32 Å². The van der Waals surface area contributed by atoms with Crippen LogP contribution in [0.15, 0.2) is 36.4 Å². The van der Waals surface area contributed by atoms with Crippen molar-refractivity contribution in [3.05, 3.63) is 68.5 Å². The van der Waals surface area contributed by atoms with E-state index in [0.717, 1.165) is 6.07 Å². The van der Waals surface area contributed by atoms with Gasteiger partial charge >= 0.3 is 0 Å². The van der Waals surface area contributed by atoms with E-state index in [9.17, 15) is 14.5 Å². The van der Waals surface area contributed by atoms with Crippen molar-refractivity contribution in [3.8, 4) is 6.07 Å². The number of benzene rings is 2. The number of hydrogen-bond donors (Lipinski definition) is 1. The fourth-order valence-electron chi connectivity index (χ4n) is 1.81. The Morgan fingerprint density at radius 1 is 1.33 bits per heavy atom. The van der Waals surface area contributed by atoms with E-state index >= 15 is 0 Å². The summed E-state index contributed by atoms with van der Waals surface area (Å²) in [6, 6.07) is 9.91. The molecular weight excluding hydrogens is 297 g/mol. The molecule has 0 aliphatic carbocycles. The van der Waals surface area contributed by atoms with E-state index in [1.807, 2.05) is 6.07 Å². The third-order valence-electron chi connectivity index (χ3n) is 2.82. The fraction of sp³-hybridized carbons (Fsp3) is 0.0714. The standard InChI is InChI=1S/C14H9ClFN3O2/c15-11-2-1-9(14(6-11)19(20)21)8-18-13-4-3-12(16)5-10(13)7-17/h1-6,18H,8H2. The van der Waals surface area contributed by atoms with Crippen LogP contribution in [-0.2, 0) is 6.54 Å². The van der Waals surface area contributed by atoms with E-state index in [4.69, 9.17) is 16.9 Å². The number of nitrogens with one attached hydrogen (secondary N) is 1. The SMILES string of the molecule is N#Cc1cc(F)ccc1NCc1ccc(Cl)cc1[N+](=O)[O-]. The Bertz CT molecular complexity index is 743. The Morgan fingerprint density at radius 2 is 2.10 bits per heavy atom. The third-order valence-corrected chi connectivity index (χ3v) is 3.05. The van der Waals surface area contributed by atoms with Gasteiger partial charge in [0.25, 0.3) is 5.69 Å². The lowest BCUT2D eigenvalue weighted by Gasteiger charge is -2.09. The van der Waals surface area contributed by atoms with Crippen LogP contribution in [0.5, 0.6) is 0 Å². The van der Waals surface area contributed by atoms with Crippen LogP contribution in [0.3, 0.4) is 0 Å². The van der Waals surface area contributed by atoms with Crippen molar-refractivity contribution in [2.24, 2.45) is 0 Å². The van der Waals surface area contributed by atoms with Crippen LogP contribution in [0.25, 0.3) is 0 Å². The minimum Gasteiger partial charge on any atom is -0.380 e. The lowest BCUT2D eigenvalue weighted by atomic mass is 10.1. The van der Waals surface area contributed by atoms with Crippen molar-refractivity contribution in [2.45, 2.75) is 6.54 Å². The Morgan fingerprint density at radius 3 is 2.76 bits per heavy atom. The number of anilines is 1. The van der Waals surface area contributed by atoms with E-state index in [1.165, 1.54) is 24.3 Å². The zero-order valence-corrected chi connectivity index (χ0v) is 11.4. The highest BCUT2D eigenvalue weighted by molar-refractivity contribution is 6.30. The minimum atomic E-state index is -0.529. The van der Waals surface area contributed by atoms with Gasteiger partial charge < -0.3 is 5.32 Å². The van der Waals surface area contributed by atoms with Gasteiger partial charge in [0, 0.05) is 23.2 Å². The van der Waals surface area contributed by atoms with Gasteiger partial charge in [-0.15, -0.1) is 0 Å². The molecule has 7 heteroatoms. The molecule has 5 nitrogen and oxygen atoms in total. The molecule has 106 valence electrons. The number of nitro benzene ring substituents is 1. The molecule has 0 aliphatic heterocycles. The zero-order valence-electron chi connectivity index (χ0n) is 10.6. The van der Waals surface area contributed by atoms with Gasteiger partial charge in [0.1, 0.15) is 11.9 Å². The van der Waals surface area contributed by atoms with Gasteiger partial charge in [-0.2, -0.15) is 5.26 Å².